The summed E-state index contributed by atoms with van der Waals surface area (Å²) in [5.74, 6) is -0.855. The molecule has 0 aliphatic carbocycles. The zero-order chi connectivity index (χ0) is 40.3. The number of benzene rings is 3. The van der Waals surface area contributed by atoms with Gasteiger partial charge in [-0.3, -0.25) is 9.59 Å². The number of ether oxygens (including phenoxy) is 1. The average molecular weight is 758 g/mol. The lowest BCUT2D eigenvalue weighted by Gasteiger charge is -2.27. The standard InChI is InChI=1S/C48H60N4O4/c1-7-9-11-15-28-50(29-16-12-10-8-2)38-22-24-41-40(33-38)47(3,4)43(52(41)31-32-56-35-53)25-19-36(34-49)20-26-44-48(5,6)46-39-18-14-13-17-37(39)21-23-42(46)51(44)30-27-45(54)55/h13-14,17-26,33,35H,7-12,15-16,27-32H2,1-6H3/p+1. The molecule has 8 heteroatoms. The van der Waals surface area contributed by atoms with E-state index in [4.69, 9.17) is 4.74 Å². The zero-order valence-corrected chi connectivity index (χ0v) is 34.4. The molecule has 0 unspecified atom stereocenters. The number of hydrogen-bond acceptors (Lipinski definition) is 6. The number of carboxylic acids is 1. The molecule has 0 atom stereocenters. The second-order valence-electron chi connectivity index (χ2n) is 16.2. The Morgan fingerprint density at radius 1 is 0.946 bits per heavy atom. The van der Waals surface area contributed by atoms with E-state index in [2.05, 4.69) is 104 Å². The van der Waals surface area contributed by atoms with Gasteiger partial charge in [0.15, 0.2) is 12.3 Å². The molecule has 3 aromatic rings. The van der Waals surface area contributed by atoms with Crippen LogP contribution in [0.15, 0.2) is 90.2 Å². The van der Waals surface area contributed by atoms with Gasteiger partial charge < -0.3 is 19.6 Å². The minimum Gasteiger partial charge on any atom is -0.481 e. The van der Waals surface area contributed by atoms with E-state index in [1.807, 2.05) is 36.4 Å². The Labute approximate surface area is 334 Å². The number of nitrogens with zero attached hydrogens (tertiary/aromatic N) is 4. The summed E-state index contributed by atoms with van der Waals surface area (Å²) in [5, 5.41) is 22.3. The Morgan fingerprint density at radius 3 is 2.32 bits per heavy atom. The summed E-state index contributed by atoms with van der Waals surface area (Å²) in [4.78, 5) is 27.7. The van der Waals surface area contributed by atoms with Crippen molar-refractivity contribution in [2.24, 2.45) is 0 Å². The van der Waals surface area contributed by atoms with Crippen LogP contribution < -0.4 is 9.80 Å². The molecule has 3 aromatic carbocycles. The van der Waals surface area contributed by atoms with Crippen LogP contribution in [0.3, 0.4) is 0 Å². The van der Waals surface area contributed by atoms with Crippen molar-refractivity contribution in [3.63, 3.8) is 0 Å². The maximum Gasteiger partial charge on any atom is 0.309 e. The van der Waals surface area contributed by atoms with E-state index < -0.39 is 11.4 Å². The van der Waals surface area contributed by atoms with Crippen LogP contribution in [0.5, 0.6) is 0 Å². The van der Waals surface area contributed by atoms with Gasteiger partial charge in [0, 0.05) is 53.3 Å². The third kappa shape index (κ3) is 9.26. The fourth-order valence-corrected chi connectivity index (χ4v) is 8.57. The number of nitriles is 1. The summed E-state index contributed by atoms with van der Waals surface area (Å²) in [6.07, 6.45) is 17.5. The first-order valence-corrected chi connectivity index (χ1v) is 20.6. The molecule has 2 aliphatic rings. The Balaban J connectivity index is 1.50. The molecular formula is C48H61N4O4+. The highest BCUT2D eigenvalue weighted by Gasteiger charge is 2.45. The number of unbranched alkanes of at least 4 members (excludes halogenated alkanes) is 6. The average Bonchev–Trinajstić information content (AvgIpc) is 3.54. The number of anilines is 2. The van der Waals surface area contributed by atoms with Crippen molar-refractivity contribution in [2.45, 2.75) is 110 Å². The Morgan fingerprint density at radius 2 is 1.66 bits per heavy atom. The van der Waals surface area contributed by atoms with E-state index in [0.717, 1.165) is 52.2 Å². The first-order chi connectivity index (χ1) is 27.0. The molecule has 8 nitrogen and oxygen atoms in total. The predicted octanol–water partition coefficient (Wildman–Crippen LogP) is 10.5. The molecule has 296 valence electrons. The molecule has 0 saturated heterocycles. The van der Waals surface area contributed by atoms with Crippen molar-refractivity contribution in [1.29, 1.82) is 5.26 Å². The molecule has 0 amide bonds. The van der Waals surface area contributed by atoms with Gasteiger partial charge >= 0.3 is 5.97 Å². The number of allylic oxidation sites excluding steroid dienone is 6. The highest BCUT2D eigenvalue weighted by atomic mass is 16.5. The van der Waals surface area contributed by atoms with Crippen molar-refractivity contribution < 1.29 is 24.0 Å². The molecule has 0 aromatic heterocycles. The smallest absolute Gasteiger partial charge is 0.309 e. The molecule has 5 rings (SSSR count). The van der Waals surface area contributed by atoms with Gasteiger partial charge in [-0.05, 0) is 85.5 Å². The molecule has 2 aliphatic heterocycles. The van der Waals surface area contributed by atoms with Crippen molar-refractivity contribution in [3.8, 4) is 6.07 Å². The molecule has 0 saturated carbocycles. The minimum atomic E-state index is -0.855. The van der Waals surface area contributed by atoms with Crippen LogP contribution >= 0.6 is 0 Å². The number of carboxylic acid groups (broad SMARTS) is 1. The van der Waals surface area contributed by atoms with Gasteiger partial charge in [0.2, 0.25) is 5.69 Å². The predicted molar refractivity (Wildman–Crippen MR) is 229 cm³/mol. The number of hydrogen-bond donors (Lipinski definition) is 1. The molecule has 1 N–H and O–H groups in total. The lowest BCUT2D eigenvalue weighted by molar-refractivity contribution is -0.436. The first kappa shape index (κ1) is 42.0. The van der Waals surface area contributed by atoms with Gasteiger partial charge in [-0.15, -0.1) is 0 Å². The number of fused-ring (bicyclic) bond motifs is 4. The van der Waals surface area contributed by atoms with Gasteiger partial charge in [0.25, 0.3) is 6.47 Å². The number of carbonyl (C=O) groups is 2. The van der Waals surface area contributed by atoms with E-state index in [9.17, 15) is 20.0 Å². The van der Waals surface area contributed by atoms with Gasteiger partial charge in [0.05, 0.1) is 23.6 Å². The fraction of sp³-hybridized carbons (Fsp3) is 0.458. The van der Waals surface area contributed by atoms with Crippen LogP contribution in [0.1, 0.15) is 110 Å². The number of rotatable bonds is 21. The molecule has 2 heterocycles. The molecule has 0 radical (unpaired) electrons. The second kappa shape index (κ2) is 19.1. The first-order valence-electron chi connectivity index (χ1n) is 20.6. The van der Waals surface area contributed by atoms with Crippen molar-refractivity contribution in [2.75, 3.05) is 42.6 Å². The third-order valence-corrected chi connectivity index (χ3v) is 11.6. The monoisotopic (exact) mass is 757 g/mol. The Bertz CT molecular complexity index is 2040. The summed E-state index contributed by atoms with van der Waals surface area (Å²) in [6, 6.07) is 21.7. The molecule has 56 heavy (non-hydrogen) atoms. The van der Waals surface area contributed by atoms with E-state index >= 15 is 0 Å². The molecular weight excluding hydrogens is 697 g/mol. The fourth-order valence-electron chi connectivity index (χ4n) is 8.57. The maximum atomic E-state index is 11.8. The lowest BCUT2D eigenvalue weighted by Crippen LogP contribution is -2.29. The third-order valence-electron chi connectivity index (χ3n) is 11.6. The van der Waals surface area contributed by atoms with Crippen LogP contribution in [0.2, 0.25) is 0 Å². The highest BCUT2D eigenvalue weighted by Crippen LogP contribution is 2.49. The van der Waals surface area contributed by atoms with E-state index in [0.29, 0.717) is 25.1 Å². The summed E-state index contributed by atoms with van der Waals surface area (Å²) in [7, 11) is 0. The van der Waals surface area contributed by atoms with E-state index in [-0.39, 0.29) is 18.4 Å². The number of aliphatic carboxylic acids is 1. The van der Waals surface area contributed by atoms with Gasteiger partial charge in [-0.25, -0.2) is 0 Å². The van der Waals surface area contributed by atoms with Crippen LogP contribution in [-0.4, -0.2) is 60.6 Å². The summed E-state index contributed by atoms with van der Waals surface area (Å²) in [6.45, 7) is 16.9. The van der Waals surface area contributed by atoms with Gasteiger partial charge in [0.1, 0.15) is 13.0 Å². The lowest BCUT2D eigenvalue weighted by atomic mass is 9.79. The van der Waals surface area contributed by atoms with Crippen LogP contribution in [0.4, 0.5) is 17.1 Å². The Kier molecular flexibility index (Phi) is 14.3. The molecule has 0 spiro atoms. The Hall–Kier alpha value is -5.16. The van der Waals surface area contributed by atoms with Crippen LogP contribution in [-0.2, 0) is 25.2 Å². The van der Waals surface area contributed by atoms with Crippen molar-refractivity contribution >= 4 is 46.0 Å². The summed E-state index contributed by atoms with van der Waals surface area (Å²) in [5.41, 5.74) is 7.31. The summed E-state index contributed by atoms with van der Waals surface area (Å²) < 4.78 is 7.29. The molecule has 0 fully saturated rings. The van der Waals surface area contributed by atoms with E-state index in [1.54, 1.807) is 0 Å². The van der Waals surface area contributed by atoms with Gasteiger partial charge in [-0.2, -0.15) is 9.84 Å². The van der Waals surface area contributed by atoms with Crippen LogP contribution in [0, 0.1) is 11.3 Å². The number of carbonyl (C=O) groups excluding carboxylic acids is 1. The van der Waals surface area contributed by atoms with Gasteiger partial charge in [-0.1, -0.05) is 90.5 Å². The quantitative estimate of drug-likeness (QED) is 0.0380. The minimum absolute atomic E-state index is 0.0107. The topological polar surface area (TPSA) is 96.9 Å². The van der Waals surface area contributed by atoms with Crippen LogP contribution in [0.25, 0.3) is 10.8 Å². The highest BCUT2D eigenvalue weighted by molar-refractivity contribution is 6.07. The largest absolute Gasteiger partial charge is 0.481 e. The maximum absolute atomic E-state index is 11.8. The zero-order valence-electron chi connectivity index (χ0n) is 34.4. The summed E-state index contributed by atoms with van der Waals surface area (Å²) >= 11 is 0. The SMILES string of the molecule is CCCCCCN(CCCCCC)c1ccc2c(c1)C(C)(C)C(=CC=C(C#N)C=CC1=[N+](CCC(=O)O)c3ccc4ccccc4c3C1(C)C)N2CCOC=O. The second-order valence-corrected chi connectivity index (χ2v) is 16.2. The van der Waals surface area contributed by atoms with Crippen molar-refractivity contribution in [3.05, 3.63) is 101 Å². The van der Waals surface area contributed by atoms with E-state index in [1.165, 1.54) is 62.6 Å². The normalized spacial score (nSPS) is 16.4. The molecule has 0 bridgehead atoms. The van der Waals surface area contributed by atoms with Crippen molar-refractivity contribution in [1.82, 2.24) is 0 Å².